The number of rotatable bonds is 7. The fourth-order valence-corrected chi connectivity index (χ4v) is 5.38. The smallest absolute Gasteiger partial charge is 0.204 e. The molecule has 0 aliphatic carbocycles. The summed E-state index contributed by atoms with van der Waals surface area (Å²) < 4.78 is 14.0. The first-order chi connectivity index (χ1) is 19.0. The van der Waals surface area contributed by atoms with Gasteiger partial charge in [-0.05, 0) is 61.6 Å². The van der Waals surface area contributed by atoms with Gasteiger partial charge in [0.15, 0.2) is 11.6 Å². The van der Waals surface area contributed by atoms with Gasteiger partial charge >= 0.3 is 0 Å². The Bertz CT molecular complexity index is 1520. The zero-order valence-electron chi connectivity index (χ0n) is 21.6. The summed E-state index contributed by atoms with van der Waals surface area (Å²) in [6.07, 6.45) is 2.72. The van der Waals surface area contributed by atoms with E-state index in [-0.39, 0.29) is 11.6 Å². The van der Waals surface area contributed by atoms with Crippen LogP contribution < -0.4 is 20.1 Å². The van der Waals surface area contributed by atoms with Gasteiger partial charge in [0.1, 0.15) is 28.8 Å². The number of aromatic amines is 1. The number of anilines is 2. The predicted octanol–water partition coefficient (Wildman–Crippen LogP) is 2.94. The Balaban J connectivity index is 1.41. The van der Waals surface area contributed by atoms with Crippen LogP contribution >= 0.6 is 0 Å². The van der Waals surface area contributed by atoms with E-state index >= 15 is 0 Å². The summed E-state index contributed by atoms with van der Waals surface area (Å²) in [5.74, 6) is 0.428. The lowest BCUT2D eigenvalue weighted by molar-refractivity contribution is -0.0138. The predicted molar refractivity (Wildman–Crippen MR) is 141 cm³/mol. The van der Waals surface area contributed by atoms with E-state index in [1.54, 1.807) is 41.2 Å². The zero-order valence-corrected chi connectivity index (χ0v) is 21.6. The first-order valence-corrected chi connectivity index (χ1v) is 12.9. The van der Waals surface area contributed by atoms with Crippen molar-refractivity contribution in [2.75, 3.05) is 25.0 Å². The maximum Gasteiger partial charge on any atom is 0.204 e. The fourth-order valence-electron chi connectivity index (χ4n) is 5.38. The van der Waals surface area contributed by atoms with Crippen molar-refractivity contribution >= 4 is 23.1 Å². The second-order valence-corrected chi connectivity index (χ2v) is 9.67. The lowest BCUT2D eigenvalue weighted by atomic mass is 9.70. The van der Waals surface area contributed by atoms with Crippen LogP contribution in [0, 0.1) is 5.92 Å². The number of hydrogen-bond donors (Lipinski definition) is 3. The molecule has 12 nitrogen and oxygen atoms in total. The number of carbonyl (C=O) groups is 2. The minimum atomic E-state index is -1.03. The molecule has 4 heterocycles. The van der Waals surface area contributed by atoms with Crippen LogP contribution in [0.15, 0.2) is 48.7 Å². The molecular weight excluding hydrogens is 500 g/mol. The highest BCUT2D eigenvalue weighted by molar-refractivity contribution is 6.19. The van der Waals surface area contributed by atoms with Gasteiger partial charge < -0.3 is 20.1 Å². The highest BCUT2D eigenvalue weighted by Crippen LogP contribution is 2.44. The van der Waals surface area contributed by atoms with Crippen molar-refractivity contribution in [3.05, 3.63) is 59.8 Å². The molecule has 2 aliphatic rings. The van der Waals surface area contributed by atoms with E-state index < -0.39 is 11.5 Å². The van der Waals surface area contributed by atoms with E-state index in [0.29, 0.717) is 72.2 Å². The second-order valence-electron chi connectivity index (χ2n) is 9.67. The quantitative estimate of drug-likeness (QED) is 0.241. The maximum absolute atomic E-state index is 14.3. The lowest BCUT2D eigenvalue weighted by Gasteiger charge is -2.45. The van der Waals surface area contributed by atoms with Gasteiger partial charge in [-0.25, -0.2) is 0 Å². The Hall–Kier alpha value is -4.58. The monoisotopic (exact) mass is 528 g/mol. The van der Waals surface area contributed by atoms with Gasteiger partial charge in [0.25, 0.3) is 0 Å². The molecule has 1 atom stereocenters. The van der Waals surface area contributed by atoms with Crippen molar-refractivity contribution in [2.24, 2.45) is 13.0 Å². The number of nitrogens with zero attached hydrogens (tertiary/aromatic N) is 5. The number of ketones is 2. The van der Waals surface area contributed by atoms with E-state index in [0.717, 1.165) is 5.82 Å². The number of hydrogen-bond acceptors (Lipinski definition) is 10. The van der Waals surface area contributed by atoms with Crippen LogP contribution in [0.3, 0.4) is 0 Å². The van der Waals surface area contributed by atoms with Crippen molar-refractivity contribution in [2.45, 2.75) is 25.4 Å². The molecule has 0 bridgehead atoms. The van der Waals surface area contributed by atoms with Gasteiger partial charge in [-0.1, -0.05) is 0 Å². The Labute approximate surface area is 224 Å². The average Bonchev–Trinajstić information content (AvgIpc) is 3.62. The van der Waals surface area contributed by atoms with E-state index in [2.05, 4.69) is 36.4 Å². The molecule has 0 amide bonds. The van der Waals surface area contributed by atoms with Gasteiger partial charge in [-0.15, -0.1) is 10.2 Å². The number of benzene rings is 2. The number of tetrazole rings is 1. The number of nitrogens with one attached hydrogen (secondary N) is 3. The van der Waals surface area contributed by atoms with Crippen LogP contribution in [0.5, 0.6) is 11.5 Å². The summed E-state index contributed by atoms with van der Waals surface area (Å²) in [5.41, 5.74) is 0.985. The largest absolute Gasteiger partial charge is 0.494 e. The van der Waals surface area contributed by atoms with E-state index in [9.17, 15) is 9.59 Å². The number of piperidine rings is 1. The highest BCUT2D eigenvalue weighted by Gasteiger charge is 2.53. The van der Waals surface area contributed by atoms with Crippen molar-refractivity contribution < 1.29 is 19.1 Å². The number of ether oxygens (including phenoxy) is 2. The van der Waals surface area contributed by atoms with Gasteiger partial charge in [0.05, 0.1) is 18.4 Å². The third-order valence-electron chi connectivity index (χ3n) is 7.26. The van der Waals surface area contributed by atoms with Crippen LogP contribution in [0.1, 0.15) is 40.5 Å². The Kier molecular flexibility index (Phi) is 6.31. The number of H-pyrrole nitrogens is 1. The molecule has 2 aliphatic heterocycles. The van der Waals surface area contributed by atoms with Gasteiger partial charge in [0, 0.05) is 42.8 Å². The summed E-state index contributed by atoms with van der Waals surface area (Å²) in [6.45, 7) is 3.54. The molecule has 2 aromatic heterocycles. The summed E-state index contributed by atoms with van der Waals surface area (Å²) in [5, 5.41) is 24.9. The molecule has 1 saturated heterocycles. The molecule has 0 radical (unpaired) electrons. The molecule has 1 spiro atoms. The van der Waals surface area contributed by atoms with Gasteiger partial charge in [-0.2, -0.15) is 10.3 Å². The molecule has 6 rings (SSSR count). The highest BCUT2D eigenvalue weighted by atomic mass is 16.5. The minimum Gasteiger partial charge on any atom is -0.494 e. The van der Waals surface area contributed by atoms with Crippen LogP contribution in [0.4, 0.5) is 11.5 Å². The summed E-state index contributed by atoms with van der Waals surface area (Å²) in [4.78, 5) is 28.5. The maximum atomic E-state index is 14.3. The third-order valence-corrected chi connectivity index (χ3v) is 7.26. The van der Waals surface area contributed by atoms with Crippen LogP contribution in [0.25, 0.3) is 11.4 Å². The molecule has 3 N–H and O–H groups in total. The average molecular weight is 529 g/mol. The molecule has 0 saturated carbocycles. The van der Waals surface area contributed by atoms with E-state index in [4.69, 9.17) is 9.47 Å². The van der Waals surface area contributed by atoms with Gasteiger partial charge in [-0.3, -0.25) is 14.3 Å². The van der Waals surface area contributed by atoms with Crippen LogP contribution in [-0.2, 0) is 7.05 Å². The first kappa shape index (κ1) is 24.7. The Morgan fingerprint density at radius 1 is 1.21 bits per heavy atom. The summed E-state index contributed by atoms with van der Waals surface area (Å²) >= 11 is 0. The molecule has 12 heteroatoms. The number of fused-ring (bicyclic) bond motifs is 1. The normalized spacial score (nSPS) is 17.9. The van der Waals surface area contributed by atoms with Crippen molar-refractivity contribution in [1.29, 1.82) is 0 Å². The number of Topliss-reactive ketones (excluding diaryl/α,β-unsaturated/α-hetero) is 2. The summed E-state index contributed by atoms with van der Waals surface area (Å²) in [7, 11) is 1.82. The third kappa shape index (κ3) is 4.52. The molecule has 2 aromatic carbocycles. The van der Waals surface area contributed by atoms with Crippen molar-refractivity contribution in [3.8, 4) is 22.9 Å². The molecule has 39 heavy (non-hydrogen) atoms. The second kappa shape index (κ2) is 9.95. The first-order valence-electron chi connectivity index (χ1n) is 12.9. The topological polar surface area (TPSA) is 149 Å². The van der Waals surface area contributed by atoms with Crippen LogP contribution in [0.2, 0.25) is 0 Å². The molecular formula is C27H28N8O4. The number of carbonyl (C=O) groups excluding carboxylic acids is 2. The van der Waals surface area contributed by atoms with Crippen LogP contribution in [-0.4, -0.2) is 67.3 Å². The van der Waals surface area contributed by atoms with E-state index in [1.165, 1.54) is 0 Å². The Morgan fingerprint density at radius 3 is 2.77 bits per heavy atom. The van der Waals surface area contributed by atoms with Crippen molar-refractivity contribution in [3.63, 3.8) is 0 Å². The lowest BCUT2D eigenvalue weighted by Crippen LogP contribution is -2.58. The SMILES string of the molecule is CCOc1cc(C(=O)[C@@H]2C(=O)c3cc(Nc4ccnn4C)ccc3OC23CCNCC3)cc(-c2nn[nH]n2)c1. The standard InChI is InChI=1S/C27H28N8O4/c1-3-38-19-13-16(12-17(14-19)26-31-33-34-32-26)24(36)23-25(37)20-15-18(30-22-6-9-29-35(22)2)4-5-21(20)39-27(23)7-10-28-11-8-27/h4-6,9,12-15,23,28,30H,3,7-8,10-11H2,1-2H3,(H,31,32,33,34)/t23-/m1/s1. The Morgan fingerprint density at radius 2 is 2.05 bits per heavy atom. The zero-order chi connectivity index (χ0) is 27.0. The summed E-state index contributed by atoms with van der Waals surface area (Å²) in [6, 6.07) is 12.3. The van der Waals surface area contributed by atoms with Gasteiger partial charge in [0.2, 0.25) is 5.82 Å². The fraction of sp³-hybridized carbons (Fsp3) is 0.333. The molecule has 0 unspecified atom stereocenters. The minimum absolute atomic E-state index is 0.264. The number of aromatic nitrogens is 6. The number of aryl methyl sites for hydroxylation is 1. The van der Waals surface area contributed by atoms with E-state index in [1.807, 2.05) is 26.1 Å². The molecule has 200 valence electrons. The molecule has 1 fully saturated rings. The molecule has 4 aromatic rings. The van der Waals surface area contributed by atoms with Crippen molar-refractivity contribution in [1.82, 2.24) is 35.7 Å².